The molecule has 0 aliphatic carbocycles. The number of anilines is 1. The van der Waals surface area contributed by atoms with Crippen molar-refractivity contribution in [3.05, 3.63) is 84.1 Å². The Morgan fingerprint density at radius 1 is 1.05 bits per heavy atom. The zero-order valence-electron chi connectivity index (χ0n) is 22.7. The maximum atomic E-state index is 13.7. The SMILES string of the molecule is CC1(C(=O)NCc2ccccc2)COC(c2nc(-c3ccc(F)cc3)c(-c3ccnc(N4CCOCC4)n3)[nH]2)OC1. The summed E-state index contributed by atoms with van der Waals surface area (Å²) >= 11 is 0. The number of halogens is 1. The number of aromatic amines is 1. The fourth-order valence-corrected chi connectivity index (χ4v) is 4.80. The maximum absolute atomic E-state index is 13.7. The van der Waals surface area contributed by atoms with Gasteiger partial charge < -0.3 is 29.4 Å². The highest BCUT2D eigenvalue weighted by Gasteiger charge is 2.40. The van der Waals surface area contributed by atoms with E-state index in [0.717, 1.165) is 5.56 Å². The summed E-state index contributed by atoms with van der Waals surface area (Å²) in [6, 6.07) is 17.6. The van der Waals surface area contributed by atoms with Crippen molar-refractivity contribution >= 4 is 11.9 Å². The Hall–Kier alpha value is -4.19. The molecule has 0 spiro atoms. The molecule has 0 unspecified atom stereocenters. The largest absolute Gasteiger partial charge is 0.378 e. The number of benzene rings is 2. The first kappa shape index (κ1) is 27.0. The number of aromatic nitrogens is 4. The van der Waals surface area contributed by atoms with E-state index in [0.29, 0.717) is 67.3 Å². The summed E-state index contributed by atoms with van der Waals surface area (Å²) in [7, 11) is 0. The Kier molecular flexibility index (Phi) is 7.73. The third kappa shape index (κ3) is 5.97. The van der Waals surface area contributed by atoms with Crippen LogP contribution in [-0.4, -0.2) is 65.4 Å². The van der Waals surface area contributed by atoms with Gasteiger partial charge in [-0.1, -0.05) is 30.3 Å². The van der Waals surface area contributed by atoms with Crippen LogP contribution in [0.3, 0.4) is 0 Å². The predicted octanol–water partition coefficient (Wildman–Crippen LogP) is 3.88. The number of morpholine rings is 1. The first-order valence-corrected chi connectivity index (χ1v) is 13.6. The van der Waals surface area contributed by atoms with E-state index in [2.05, 4.69) is 20.2 Å². The third-order valence-corrected chi connectivity index (χ3v) is 7.21. The van der Waals surface area contributed by atoms with Crippen molar-refractivity contribution in [2.45, 2.75) is 19.8 Å². The molecule has 2 aromatic carbocycles. The monoisotopic (exact) mass is 558 g/mol. The molecule has 2 N–H and O–H groups in total. The van der Waals surface area contributed by atoms with Crippen LogP contribution >= 0.6 is 0 Å². The number of H-pyrrole nitrogens is 1. The number of hydrogen-bond donors (Lipinski definition) is 2. The van der Waals surface area contributed by atoms with Crippen molar-refractivity contribution in [3.8, 4) is 22.6 Å². The standard InChI is InChI=1S/C30H31FN6O4/c1-30(28(38)33-17-20-5-3-2-4-6-20)18-40-27(41-19-30)26-35-24(21-7-9-22(31)10-8-21)25(36-26)23-11-12-32-29(34-23)37-13-15-39-16-14-37/h2-12,27H,13-19H2,1H3,(H,33,38)(H,35,36). The molecule has 11 heteroatoms. The number of carbonyl (C=O) groups excluding carboxylic acids is 1. The molecule has 2 fully saturated rings. The third-order valence-electron chi connectivity index (χ3n) is 7.21. The second-order valence-electron chi connectivity index (χ2n) is 10.4. The molecular formula is C30H31FN6O4. The van der Waals surface area contributed by atoms with Crippen LogP contribution < -0.4 is 10.2 Å². The van der Waals surface area contributed by atoms with Gasteiger partial charge in [-0.05, 0) is 42.8 Å². The number of nitrogens with one attached hydrogen (secondary N) is 2. The van der Waals surface area contributed by atoms with Crippen LogP contribution in [0.25, 0.3) is 22.6 Å². The van der Waals surface area contributed by atoms with Crippen LogP contribution in [0.5, 0.6) is 0 Å². The molecule has 41 heavy (non-hydrogen) atoms. The van der Waals surface area contributed by atoms with Crippen LogP contribution in [0.1, 0.15) is 24.6 Å². The van der Waals surface area contributed by atoms with E-state index in [4.69, 9.17) is 24.2 Å². The van der Waals surface area contributed by atoms with Gasteiger partial charge in [0.25, 0.3) is 0 Å². The van der Waals surface area contributed by atoms with E-state index in [1.807, 2.05) is 37.3 Å². The number of carbonyl (C=O) groups is 1. The van der Waals surface area contributed by atoms with Gasteiger partial charge in [-0.15, -0.1) is 0 Å². The van der Waals surface area contributed by atoms with E-state index in [-0.39, 0.29) is 24.9 Å². The van der Waals surface area contributed by atoms with Crippen molar-refractivity contribution in [3.63, 3.8) is 0 Å². The van der Waals surface area contributed by atoms with Crippen LogP contribution in [0.15, 0.2) is 66.9 Å². The van der Waals surface area contributed by atoms with E-state index in [9.17, 15) is 9.18 Å². The Bertz CT molecular complexity index is 1480. The molecule has 2 saturated heterocycles. The lowest BCUT2D eigenvalue weighted by molar-refractivity contribution is -0.231. The molecule has 1 amide bonds. The van der Waals surface area contributed by atoms with Gasteiger partial charge in [-0.2, -0.15) is 0 Å². The Balaban J connectivity index is 1.23. The van der Waals surface area contributed by atoms with Crippen LogP contribution in [0, 0.1) is 11.2 Å². The summed E-state index contributed by atoms with van der Waals surface area (Å²) < 4.78 is 31.3. The molecule has 0 radical (unpaired) electrons. The molecule has 0 atom stereocenters. The molecule has 6 rings (SSSR count). The van der Waals surface area contributed by atoms with Gasteiger partial charge in [0.05, 0.1) is 48.9 Å². The summed E-state index contributed by atoms with van der Waals surface area (Å²) in [6.45, 7) is 5.16. The van der Waals surface area contributed by atoms with Crippen molar-refractivity contribution in [2.24, 2.45) is 5.41 Å². The zero-order valence-corrected chi connectivity index (χ0v) is 22.7. The minimum absolute atomic E-state index is 0.148. The quantitative estimate of drug-likeness (QED) is 0.351. The summed E-state index contributed by atoms with van der Waals surface area (Å²) in [5.41, 5.74) is 2.69. The average Bonchev–Trinajstić information content (AvgIpc) is 3.47. The maximum Gasteiger partial charge on any atom is 0.230 e. The molecule has 2 aliphatic heterocycles. The molecule has 4 aromatic rings. The smallest absolute Gasteiger partial charge is 0.230 e. The molecule has 212 valence electrons. The molecular weight excluding hydrogens is 527 g/mol. The number of nitrogens with zero attached hydrogens (tertiary/aromatic N) is 4. The first-order valence-electron chi connectivity index (χ1n) is 13.6. The number of rotatable bonds is 7. The molecule has 2 aromatic heterocycles. The van der Waals surface area contributed by atoms with E-state index >= 15 is 0 Å². The summed E-state index contributed by atoms with van der Waals surface area (Å²) in [4.78, 5) is 32.4. The van der Waals surface area contributed by atoms with Crippen LogP contribution in [-0.2, 0) is 25.5 Å². The highest BCUT2D eigenvalue weighted by atomic mass is 19.1. The lowest BCUT2D eigenvalue weighted by Gasteiger charge is -2.35. The molecule has 0 bridgehead atoms. The lowest BCUT2D eigenvalue weighted by Crippen LogP contribution is -2.48. The predicted molar refractivity (Wildman–Crippen MR) is 149 cm³/mol. The first-order chi connectivity index (χ1) is 20.0. The van der Waals surface area contributed by atoms with Gasteiger partial charge in [0.15, 0.2) is 5.82 Å². The topological polar surface area (TPSA) is 114 Å². The molecule has 4 heterocycles. The molecule has 10 nitrogen and oxygen atoms in total. The summed E-state index contributed by atoms with van der Waals surface area (Å²) in [6.07, 6.45) is 0.883. The van der Waals surface area contributed by atoms with E-state index in [1.54, 1.807) is 24.4 Å². The molecule has 0 saturated carbocycles. The van der Waals surface area contributed by atoms with E-state index in [1.165, 1.54) is 12.1 Å². The second-order valence-corrected chi connectivity index (χ2v) is 10.4. The van der Waals surface area contributed by atoms with Gasteiger partial charge in [0.2, 0.25) is 18.1 Å². The zero-order chi connectivity index (χ0) is 28.2. The van der Waals surface area contributed by atoms with Crippen LogP contribution in [0.4, 0.5) is 10.3 Å². The highest BCUT2D eigenvalue weighted by Crippen LogP contribution is 2.36. The van der Waals surface area contributed by atoms with Gasteiger partial charge in [-0.25, -0.2) is 19.3 Å². The summed E-state index contributed by atoms with van der Waals surface area (Å²) in [5, 5.41) is 2.98. The van der Waals surface area contributed by atoms with Gasteiger partial charge in [0.1, 0.15) is 5.82 Å². The Morgan fingerprint density at radius 2 is 1.78 bits per heavy atom. The average molecular weight is 559 g/mol. The Labute approximate surface area is 236 Å². The molecule has 2 aliphatic rings. The minimum Gasteiger partial charge on any atom is -0.378 e. The van der Waals surface area contributed by atoms with Crippen molar-refractivity contribution < 1.29 is 23.4 Å². The van der Waals surface area contributed by atoms with Crippen LogP contribution in [0.2, 0.25) is 0 Å². The summed E-state index contributed by atoms with van der Waals surface area (Å²) in [5.74, 6) is 0.530. The van der Waals surface area contributed by atoms with E-state index < -0.39 is 11.7 Å². The number of amides is 1. The highest BCUT2D eigenvalue weighted by molar-refractivity contribution is 5.82. The second kappa shape index (κ2) is 11.7. The van der Waals surface area contributed by atoms with Gasteiger partial charge in [0, 0.05) is 31.4 Å². The lowest BCUT2D eigenvalue weighted by atomic mass is 9.91. The fourth-order valence-electron chi connectivity index (χ4n) is 4.80. The Morgan fingerprint density at radius 3 is 2.51 bits per heavy atom. The van der Waals surface area contributed by atoms with Crippen molar-refractivity contribution in [2.75, 3.05) is 44.4 Å². The normalized spacial score (nSPS) is 21.0. The number of imidazole rings is 1. The number of hydrogen-bond acceptors (Lipinski definition) is 8. The van der Waals surface area contributed by atoms with Crippen molar-refractivity contribution in [1.82, 2.24) is 25.3 Å². The van der Waals surface area contributed by atoms with Gasteiger partial charge in [-0.3, -0.25) is 4.79 Å². The van der Waals surface area contributed by atoms with Crippen molar-refractivity contribution in [1.29, 1.82) is 0 Å². The minimum atomic E-state index is -0.861. The van der Waals surface area contributed by atoms with Gasteiger partial charge >= 0.3 is 0 Å². The number of ether oxygens (including phenoxy) is 3. The fraction of sp³-hybridized carbons (Fsp3) is 0.333.